The van der Waals surface area contributed by atoms with Crippen molar-refractivity contribution in [1.82, 2.24) is 10.0 Å². The molecule has 2 rings (SSSR count). The van der Waals surface area contributed by atoms with Crippen molar-refractivity contribution in [3.63, 3.8) is 0 Å². The number of primary sulfonamides is 1. The summed E-state index contributed by atoms with van der Waals surface area (Å²) >= 11 is 0. The van der Waals surface area contributed by atoms with Crippen molar-refractivity contribution in [2.75, 3.05) is 0 Å². The average Bonchev–Trinajstić information content (AvgIpc) is 3.21. The monoisotopic (exact) mass is 474 g/mol. The topological polar surface area (TPSA) is 186 Å². The van der Waals surface area contributed by atoms with E-state index in [1.54, 1.807) is 47.6 Å². The van der Waals surface area contributed by atoms with E-state index in [9.17, 15) is 21.6 Å². The van der Waals surface area contributed by atoms with Crippen LogP contribution in [-0.4, -0.2) is 33.8 Å². The summed E-state index contributed by atoms with van der Waals surface area (Å²) < 4.78 is 57.2. The Morgan fingerprint density at radius 1 is 0.935 bits per heavy atom. The molecule has 2 aromatic heterocycles. The number of nitrogens with zero attached hydrogens (tertiary/aromatic N) is 1. The van der Waals surface area contributed by atoms with E-state index in [2.05, 4.69) is 10.0 Å². The van der Waals surface area contributed by atoms with Crippen LogP contribution in [0.1, 0.15) is 57.9 Å². The molecule has 0 radical (unpaired) electrons. The Morgan fingerprint density at radius 3 is 1.87 bits per heavy atom. The third-order valence-corrected chi connectivity index (χ3v) is 5.38. The van der Waals surface area contributed by atoms with Gasteiger partial charge in [-0.05, 0) is 65.8 Å². The van der Waals surface area contributed by atoms with Crippen molar-refractivity contribution in [1.29, 1.82) is 5.26 Å². The van der Waals surface area contributed by atoms with Crippen LogP contribution in [0.5, 0.6) is 0 Å². The third-order valence-electron chi connectivity index (χ3n) is 2.97. The lowest BCUT2D eigenvalue weighted by Crippen LogP contribution is -2.40. The van der Waals surface area contributed by atoms with Gasteiger partial charge in [-0.2, -0.15) is 5.26 Å². The van der Waals surface area contributed by atoms with Crippen molar-refractivity contribution in [3.8, 4) is 6.07 Å². The number of carbonyl (C=O) groups is 1. The van der Waals surface area contributed by atoms with Gasteiger partial charge in [-0.15, -0.1) is 0 Å². The fourth-order valence-electron chi connectivity index (χ4n) is 1.98. The first-order valence-corrected chi connectivity index (χ1v) is 11.9. The normalized spacial score (nSPS) is 12.5. The number of amides is 1. The van der Waals surface area contributed by atoms with Crippen molar-refractivity contribution in [2.24, 2.45) is 5.14 Å². The number of sulfonamides is 2. The van der Waals surface area contributed by atoms with Crippen LogP contribution in [0.4, 0.5) is 0 Å². The highest BCUT2D eigenvalue weighted by molar-refractivity contribution is 7.89. The SMILES string of the molecule is CC(C)(C)NC(=O)c1ccc(S(N)(=O)=O)o1.CC(C)(C)NS(=O)(=O)c1ccc(C#N)o1. The zero-order valence-corrected chi connectivity index (χ0v) is 19.6. The van der Waals surface area contributed by atoms with Crippen molar-refractivity contribution in [2.45, 2.75) is 62.8 Å². The molecule has 0 atom stereocenters. The smallest absolute Gasteiger partial charge is 0.287 e. The summed E-state index contributed by atoms with van der Waals surface area (Å²) in [7, 11) is -7.58. The Bertz CT molecular complexity index is 1170. The number of rotatable bonds is 4. The molecule has 0 aliphatic carbocycles. The fourth-order valence-corrected chi connectivity index (χ4v) is 3.79. The molecule has 4 N–H and O–H groups in total. The molecule has 0 bridgehead atoms. The quantitative estimate of drug-likeness (QED) is 0.597. The van der Waals surface area contributed by atoms with Crippen LogP contribution in [0.2, 0.25) is 0 Å². The molecular weight excluding hydrogens is 448 g/mol. The summed E-state index contributed by atoms with van der Waals surface area (Å²) in [6.45, 7) is 10.6. The van der Waals surface area contributed by atoms with Crippen molar-refractivity contribution < 1.29 is 30.5 Å². The lowest BCUT2D eigenvalue weighted by molar-refractivity contribution is 0.0885. The predicted molar refractivity (Wildman–Crippen MR) is 111 cm³/mol. The van der Waals surface area contributed by atoms with Crippen LogP contribution in [0.25, 0.3) is 0 Å². The maximum atomic E-state index is 11.7. The number of furan rings is 2. The van der Waals surface area contributed by atoms with Gasteiger partial charge in [0.15, 0.2) is 5.76 Å². The van der Waals surface area contributed by atoms with Crippen LogP contribution in [0, 0.1) is 11.3 Å². The summed E-state index contributed by atoms with van der Waals surface area (Å²) in [6.07, 6.45) is 0. The number of hydrogen-bond donors (Lipinski definition) is 3. The molecule has 0 saturated heterocycles. The van der Waals surface area contributed by atoms with E-state index in [0.717, 1.165) is 6.07 Å². The number of nitrogens with two attached hydrogens (primary N) is 1. The zero-order chi connectivity index (χ0) is 24.3. The van der Waals surface area contributed by atoms with Gasteiger partial charge in [0.05, 0.1) is 0 Å². The minimum atomic E-state index is -3.91. The molecule has 0 saturated carbocycles. The van der Waals surface area contributed by atoms with E-state index in [0.29, 0.717) is 0 Å². The van der Waals surface area contributed by atoms with Crippen molar-refractivity contribution in [3.05, 3.63) is 35.8 Å². The second kappa shape index (κ2) is 9.23. The zero-order valence-electron chi connectivity index (χ0n) is 18.0. The summed E-state index contributed by atoms with van der Waals surface area (Å²) in [5.41, 5.74) is -1.01. The molecule has 2 aromatic rings. The second-order valence-electron chi connectivity index (χ2n) is 8.45. The van der Waals surface area contributed by atoms with Gasteiger partial charge >= 0.3 is 0 Å². The van der Waals surface area contributed by atoms with E-state index in [1.165, 1.54) is 18.2 Å². The molecule has 0 spiro atoms. The first-order valence-electron chi connectivity index (χ1n) is 8.83. The van der Waals surface area contributed by atoms with E-state index in [-0.39, 0.29) is 16.6 Å². The Balaban J connectivity index is 0.000000311. The summed E-state index contributed by atoms with van der Waals surface area (Å²) in [5.74, 6) is -0.592. The first kappa shape index (κ1) is 26.4. The molecule has 0 aliphatic rings. The number of hydrogen-bond acceptors (Lipinski definition) is 8. The van der Waals surface area contributed by atoms with Crippen LogP contribution < -0.4 is 15.2 Å². The average molecular weight is 475 g/mol. The van der Waals surface area contributed by atoms with Gasteiger partial charge in [-0.3, -0.25) is 4.79 Å². The molecular formula is C18H26N4O7S2. The molecule has 0 unspecified atom stereocenters. The molecule has 1 amide bonds. The highest BCUT2D eigenvalue weighted by Crippen LogP contribution is 2.15. The lowest BCUT2D eigenvalue weighted by atomic mass is 10.1. The summed E-state index contributed by atoms with van der Waals surface area (Å²) in [5, 5.41) is 15.3. The second-order valence-corrected chi connectivity index (χ2v) is 11.6. The third kappa shape index (κ3) is 8.93. The van der Waals surface area contributed by atoms with Crippen LogP contribution in [-0.2, 0) is 20.0 Å². The maximum absolute atomic E-state index is 11.7. The van der Waals surface area contributed by atoms with Crippen molar-refractivity contribution >= 4 is 26.0 Å². The van der Waals surface area contributed by atoms with E-state index in [1.807, 2.05) is 0 Å². The minimum Gasteiger partial charge on any atom is -0.438 e. The molecule has 31 heavy (non-hydrogen) atoms. The standard InChI is InChI=1S/C9H14N2O4S.C9H12N2O3S/c1-9(2,3)11-8(12)6-4-5-7(15-6)16(10,13)14;1-9(2,3)11-15(12,13)8-5-4-7(6-10)14-8/h4-5H,1-3H3,(H,11,12)(H2,10,13,14);4-5,11H,1-3H3. The van der Waals surface area contributed by atoms with Gasteiger partial charge in [0.25, 0.3) is 26.0 Å². The number of carbonyl (C=O) groups excluding carboxylic acids is 1. The Labute approximate surface area is 181 Å². The molecule has 0 aliphatic heterocycles. The van der Waals surface area contributed by atoms with Gasteiger partial charge in [0, 0.05) is 11.1 Å². The van der Waals surface area contributed by atoms with E-state index in [4.69, 9.17) is 19.2 Å². The first-order chi connectivity index (χ1) is 13.8. The van der Waals surface area contributed by atoms with E-state index >= 15 is 0 Å². The van der Waals surface area contributed by atoms with Gasteiger partial charge in [-0.1, -0.05) is 0 Å². The number of nitrogens with one attached hydrogen (secondary N) is 2. The molecule has 13 heteroatoms. The fraction of sp³-hybridized carbons (Fsp3) is 0.444. The molecule has 0 aromatic carbocycles. The Kier molecular flexibility index (Phi) is 7.85. The highest BCUT2D eigenvalue weighted by Gasteiger charge is 2.25. The summed E-state index contributed by atoms with van der Waals surface area (Å²) in [4.78, 5) is 11.6. The largest absolute Gasteiger partial charge is 0.438 e. The highest BCUT2D eigenvalue weighted by atomic mass is 32.2. The molecule has 172 valence electrons. The molecule has 2 heterocycles. The molecule has 11 nitrogen and oxygen atoms in total. The van der Waals surface area contributed by atoms with E-state index < -0.39 is 42.1 Å². The molecule has 0 fully saturated rings. The van der Waals surface area contributed by atoms with Gasteiger partial charge < -0.3 is 14.2 Å². The van der Waals surface area contributed by atoms with Crippen LogP contribution in [0.15, 0.2) is 43.3 Å². The lowest BCUT2D eigenvalue weighted by Gasteiger charge is -2.19. The number of nitriles is 1. The van der Waals surface area contributed by atoms with Crippen LogP contribution in [0.3, 0.4) is 0 Å². The maximum Gasteiger partial charge on any atom is 0.287 e. The summed E-state index contributed by atoms with van der Waals surface area (Å²) in [6, 6.07) is 6.71. The predicted octanol–water partition coefficient (Wildman–Crippen LogP) is 1.68. The Morgan fingerprint density at radius 2 is 1.48 bits per heavy atom. The van der Waals surface area contributed by atoms with Gasteiger partial charge in [0.2, 0.25) is 15.9 Å². The van der Waals surface area contributed by atoms with Crippen LogP contribution >= 0.6 is 0 Å². The Hall–Kier alpha value is -2.66. The van der Waals surface area contributed by atoms with Gasteiger partial charge in [0.1, 0.15) is 6.07 Å². The minimum absolute atomic E-state index is 0.0238. The van der Waals surface area contributed by atoms with Gasteiger partial charge in [-0.25, -0.2) is 26.7 Å².